The molecule has 26 nitrogen and oxygen atoms in total. The number of ether oxygens (including phenoxy) is 2. The number of aryl methyl sites for hydroxylation is 2. The van der Waals surface area contributed by atoms with Crippen molar-refractivity contribution in [1.82, 2.24) is 60.0 Å². The van der Waals surface area contributed by atoms with E-state index in [2.05, 4.69) is 16.0 Å². The maximum absolute atomic E-state index is 15.8. The van der Waals surface area contributed by atoms with Gasteiger partial charge in [0.1, 0.15) is 59.6 Å². The molecule has 2 bridgehead atoms. The Morgan fingerprint density at radius 2 is 1.32 bits per heavy atom. The van der Waals surface area contributed by atoms with E-state index >= 15 is 28.8 Å². The lowest BCUT2D eigenvalue weighted by atomic mass is 9.58. The molecular formula is C79H117F3N12O14. The Morgan fingerprint density at radius 3 is 1.91 bits per heavy atom. The van der Waals surface area contributed by atoms with Crippen LogP contribution in [-0.4, -0.2) is 271 Å². The first-order valence-corrected chi connectivity index (χ1v) is 38.1. The number of hydrogen-bond donors (Lipinski definition) is 3. The molecule has 7 rings (SSSR count). The van der Waals surface area contributed by atoms with Crippen LogP contribution in [0.5, 0.6) is 5.75 Å². The number of nitrogens with one attached hydrogen (secondary N) is 3. The Bertz CT molecular complexity index is 3610. The second-order valence-electron chi connectivity index (χ2n) is 31.8. The molecule has 2 unspecified atom stereocenters. The highest BCUT2D eigenvalue weighted by Crippen LogP contribution is 2.50. The predicted octanol–water partition coefficient (Wildman–Crippen LogP) is 5.65. The van der Waals surface area contributed by atoms with E-state index in [4.69, 9.17) is 9.47 Å². The molecule has 10 atom stereocenters. The summed E-state index contributed by atoms with van der Waals surface area (Å²) in [6, 6.07) is 0.118. The van der Waals surface area contributed by atoms with Crippen LogP contribution in [0, 0.1) is 23.2 Å². The van der Waals surface area contributed by atoms with Crippen molar-refractivity contribution in [2.45, 2.75) is 224 Å². The molecule has 2 aromatic rings. The first-order chi connectivity index (χ1) is 50.7. The number of likely N-dealkylation sites (N-methyl/N-ethyl adjacent to an activating group) is 7. The number of benzene rings is 2. The SMILES string of the molecule is CCO[C@@H]1C[C@@H]2C(=O)NC3(CC(C)(C)C3)C(=O)N(C)[C@H](C3CCCC3)C(=O)N(C)[C@@H](C(=O)N(C)C)CC(=O)N(C)[C@@H](CC(C)C)C(=O)NC([C@@H](C)CC)C(=O)N(C)CC(=O)N(C)C3C/C=C\CCN(C3=O)[C@@H](Cc3ccc(CC)cc3)C(=O)N(C)CC(=O)N[C@H](CCc3ccc(C(F)(F)F)c(OC)c3)C(=O)N2C1. The van der Waals surface area contributed by atoms with E-state index in [1.807, 2.05) is 71.9 Å². The number of amides is 12. The fraction of sp³-hybridized carbons (Fsp3) is 0.671. The molecule has 2 aromatic carbocycles. The minimum atomic E-state index is -4.78. The summed E-state index contributed by atoms with van der Waals surface area (Å²) >= 11 is 0. The number of hydrogen-bond acceptors (Lipinski definition) is 14. The average Bonchev–Trinajstić information content (AvgIpc) is 0.949. The van der Waals surface area contributed by atoms with Gasteiger partial charge in [-0.15, -0.1) is 0 Å². The highest BCUT2D eigenvalue weighted by Gasteiger charge is 2.59. The van der Waals surface area contributed by atoms with E-state index in [9.17, 15) is 41.9 Å². The standard InChI is InChI=1S/C79H117F3N12O14/c1-18-49(6)66-74(104)88(12)45-65(97)89(13)57-28-22-21-25-37-93(73(57)103)61(39-51-31-29-50(19-2)30-32-51)72(102)87(11)44-63(95)83-56(36-34-52-33-35-55(79(80,81)82)62(40-52)107-17)70(100)94-43-54(108-20-3)41-59(94)69(99)85-78(46-77(7,8)47-78)76(106)92(16)67(53-26-23-24-27-53)75(105)91(15)60(71(101)86(9)10)42-64(96)90(14)58(38-48(4)5)68(98)84-66/h21-22,29-33,35,40,48-49,53-54,56-61,66-67H,18-20,23-28,34,36-39,41-47H2,1-17H3,(H,83,95)(H,84,98)(H,85,99)/b22-21-/t49-,54+,56+,57?,58-,59+,60+,61-,66?,67+/m0/s1. The summed E-state index contributed by atoms with van der Waals surface area (Å²) in [5.41, 5.74) is -1.33. The summed E-state index contributed by atoms with van der Waals surface area (Å²) in [6.07, 6.45) is 0.972. The number of fused-ring (bicyclic) bond motifs is 3. The van der Waals surface area contributed by atoms with E-state index in [0.29, 0.717) is 44.1 Å². The van der Waals surface area contributed by atoms with Gasteiger partial charge < -0.3 is 69.5 Å². The third-order valence-corrected chi connectivity index (χ3v) is 22.4. The summed E-state index contributed by atoms with van der Waals surface area (Å²) in [7, 11) is 12.5. The molecule has 4 fully saturated rings. The topological polar surface area (TPSA) is 289 Å². The van der Waals surface area contributed by atoms with Crippen molar-refractivity contribution >= 4 is 70.9 Å². The molecule has 12 amide bonds. The van der Waals surface area contributed by atoms with Crippen LogP contribution in [-0.2, 0) is 87.7 Å². The summed E-state index contributed by atoms with van der Waals surface area (Å²) in [6.45, 7) is 13.5. The Morgan fingerprint density at radius 1 is 0.694 bits per heavy atom. The molecule has 2 saturated carbocycles. The predicted molar refractivity (Wildman–Crippen MR) is 399 cm³/mol. The van der Waals surface area contributed by atoms with Crippen molar-refractivity contribution in [3.05, 3.63) is 76.9 Å². The fourth-order valence-electron chi connectivity index (χ4n) is 16.2. The van der Waals surface area contributed by atoms with Crippen LogP contribution in [0.4, 0.5) is 13.2 Å². The third kappa shape index (κ3) is 20.8. The van der Waals surface area contributed by atoms with Gasteiger partial charge in [-0.3, -0.25) is 57.5 Å². The highest BCUT2D eigenvalue weighted by atomic mass is 19.4. The largest absolute Gasteiger partial charge is 0.496 e. The number of methoxy groups -OCH3 is 1. The molecule has 2 saturated heterocycles. The molecule has 0 radical (unpaired) electrons. The van der Waals surface area contributed by atoms with Gasteiger partial charge in [0.2, 0.25) is 70.9 Å². The zero-order valence-electron chi connectivity index (χ0n) is 66.3. The maximum atomic E-state index is 15.8. The van der Waals surface area contributed by atoms with Gasteiger partial charge in [0.15, 0.2) is 0 Å². The number of nitrogens with zero attached hydrogens (tertiary/aromatic N) is 9. The first-order valence-electron chi connectivity index (χ1n) is 38.1. The van der Waals surface area contributed by atoms with Crippen LogP contribution in [0.3, 0.4) is 0 Å². The number of carbonyl (C=O) groups excluding carboxylic acids is 12. The zero-order chi connectivity index (χ0) is 80.2. The monoisotopic (exact) mass is 1510 g/mol. The van der Waals surface area contributed by atoms with Crippen molar-refractivity contribution in [1.29, 1.82) is 0 Å². The van der Waals surface area contributed by atoms with Crippen molar-refractivity contribution in [3.63, 3.8) is 0 Å². The Balaban J connectivity index is 1.36. The number of rotatable bonds is 15. The van der Waals surface area contributed by atoms with Crippen LogP contribution in [0.2, 0.25) is 0 Å². The Kier molecular flexibility index (Phi) is 29.8. The lowest BCUT2D eigenvalue weighted by Gasteiger charge is -2.54. The van der Waals surface area contributed by atoms with Crippen LogP contribution < -0.4 is 20.7 Å². The van der Waals surface area contributed by atoms with Gasteiger partial charge >= 0.3 is 6.18 Å². The Labute approximate surface area is 634 Å². The number of alkyl halides is 3. The lowest BCUT2D eigenvalue weighted by molar-refractivity contribution is -0.161. The summed E-state index contributed by atoms with van der Waals surface area (Å²) in [5.74, 6) is -10.0. The van der Waals surface area contributed by atoms with Crippen LogP contribution in [0.15, 0.2) is 54.6 Å². The van der Waals surface area contributed by atoms with Crippen LogP contribution in [0.25, 0.3) is 0 Å². The molecule has 0 aromatic heterocycles. The van der Waals surface area contributed by atoms with Crippen LogP contribution in [0.1, 0.15) is 161 Å². The molecule has 2 aliphatic carbocycles. The molecular weight excluding hydrogens is 1400 g/mol. The summed E-state index contributed by atoms with van der Waals surface area (Å²) in [5, 5.41) is 8.78. The minimum Gasteiger partial charge on any atom is -0.496 e. The second-order valence-corrected chi connectivity index (χ2v) is 31.8. The molecule has 108 heavy (non-hydrogen) atoms. The van der Waals surface area contributed by atoms with Gasteiger partial charge in [0, 0.05) is 88.9 Å². The van der Waals surface area contributed by atoms with Gasteiger partial charge in [-0.25, -0.2) is 0 Å². The quantitative estimate of drug-likeness (QED) is 0.182. The van der Waals surface area contributed by atoms with Crippen molar-refractivity contribution in [2.24, 2.45) is 23.2 Å². The van der Waals surface area contributed by atoms with Crippen molar-refractivity contribution in [2.75, 3.05) is 96.3 Å². The molecule has 3 aliphatic heterocycles. The summed E-state index contributed by atoms with van der Waals surface area (Å²) < 4.78 is 53.9. The molecule has 1 spiro atoms. The highest BCUT2D eigenvalue weighted by molar-refractivity contribution is 6.01. The fourth-order valence-corrected chi connectivity index (χ4v) is 16.2. The second kappa shape index (κ2) is 37.2. The number of carbonyl (C=O) groups is 12. The smallest absolute Gasteiger partial charge is 0.419 e. The number of halogens is 3. The Hall–Kier alpha value is -8.63. The zero-order valence-corrected chi connectivity index (χ0v) is 66.3. The first kappa shape index (κ1) is 86.6. The van der Waals surface area contributed by atoms with Gasteiger partial charge in [-0.05, 0) is 123 Å². The normalized spacial score (nSPS) is 26.4. The van der Waals surface area contributed by atoms with E-state index in [-0.39, 0.29) is 89.0 Å². The van der Waals surface area contributed by atoms with E-state index in [1.165, 1.54) is 103 Å². The van der Waals surface area contributed by atoms with Gasteiger partial charge in [0.25, 0.3) is 0 Å². The van der Waals surface area contributed by atoms with E-state index in [0.717, 1.165) is 28.5 Å². The molecule has 3 N–H and O–H groups in total. The van der Waals surface area contributed by atoms with E-state index in [1.54, 1.807) is 19.9 Å². The summed E-state index contributed by atoms with van der Waals surface area (Å²) in [4.78, 5) is 194. The van der Waals surface area contributed by atoms with Gasteiger partial charge in [-0.1, -0.05) is 110 Å². The molecule has 5 aliphatic rings. The maximum Gasteiger partial charge on any atom is 0.419 e. The minimum absolute atomic E-state index is 0.000284. The molecule has 29 heteroatoms. The molecule has 598 valence electrons. The van der Waals surface area contributed by atoms with Crippen molar-refractivity contribution < 1.29 is 80.2 Å². The van der Waals surface area contributed by atoms with E-state index < -0.39 is 185 Å². The molecule has 3 heterocycles. The van der Waals surface area contributed by atoms with Crippen molar-refractivity contribution in [3.8, 4) is 5.75 Å². The van der Waals surface area contributed by atoms with Gasteiger partial charge in [-0.2, -0.15) is 13.2 Å². The van der Waals surface area contributed by atoms with Crippen LogP contribution >= 0.6 is 0 Å². The average molecular weight is 1520 g/mol. The third-order valence-electron chi connectivity index (χ3n) is 22.4. The lowest BCUT2D eigenvalue weighted by Crippen LogP contribution is -2.71. The van der Waals surface area contributed by atoms with Gasteiger partial charge in [0.05, 0.1) is 38.3 Å².